The van der Waals surface area contributed by atoms with Gasteiger partial charge >= 0.3 is 0 Å². The van der Waals surface area contributed by atoms with Crippen LogP contribution in [-0.4, -0.2) is 48.9 Å². The Balaban J connectivity index is 1.47. The van der Waals surface area contributed by atoms with Gasteiger partial charge in [-0.3, -0.25) is 4.79 Å². The Bertz CT molecular complexity index is 1210. The van der Waals surface area contributed by atoms with E-state index >= 15 is 0 Å². The van der Waals surface area contributed by atoms with E-state index in [1.807, 2.05) is 13.0 Å². The number of likely N-dealkylation sites (N-methyl/N-ethyl adjacent to an activating group) is 1. The third-order valence-electron chi connectivity index (χ3n) is 4.99. The minimum absolute atomic E-state index is 0.148. The second-order valence-corrected chi connectivity index (χ2v) is 6.98. The van der Waals surface area contributed by atoms with Gasteiger partial charge in [-0.1, -0.05) is 12.1 Å². The average molecular weight is 434 g/mol. The van der Waals surface area contributed by atoms with E-state index in [4.69, 9.17) is 0 Å². The van der Waals surface area contributed by atoms with Gasteiger partial charge in [0.25, 0.3) is 5.91 Å². The summed E-state index contributed by atoms with van der Waals surface area (Å²) in [5, 5.41) is 8.24. The first-order valence-corrected chi connectivity index (χ1v) is 10.1. The minimum atomic E-state index is -0.672. The van der Waals surface area contributed by atoms with Crippen molar-refractivity contribution < 1.29 is 13.6 Å². The molecule has 7 nitrogen and oxygen atoms in total. The summed E-state index contributed by atoms with van der Waals surface area (Å²) in [4.78, 5) is 24.8. The highest BCUT2D eigenvalue weighted by Crippen LogP contribution is 2.22. The molecule has 0 aliphatic carbocycles. The van der Waals surface area contributed by atoms with E-state index in [2.05, 4.69) is 20.2 Å². The molecule has 0 saturated heterocycles. The number of benzene rings is 2. The molecule has 2 aromatic heterocycles. The first-order chi connectivity index (χ1) is 15.6. The fourth-order valence-electron chi connectivity index (χ4n) is 3.32. The van der Waals surface area contributed by atoms with Crippen molar-refractivity contribution >= 4 is 5.91 Å². The molecule has 4 rings (SSSR count). The number of rotatable bonds is 7. The van der Waals surface area contributed by atoms with E-state index in [0.717, 1.165) is 6.07 Å². The first-order valence-electron chi connectivity index (χ1n) is 10.1. The van der Waals surface area contributed by atoms with Crippen LogP contribution in [0.4, 0.5) is 8.78 Å². The van der Waals surface area contributed by atoms with E-state index in [1.54, 1.807) is 35.5 Å². The lowest BCUT2D eigenvalue weighted by Crippen LogP contribution is -2.33. The van der Waals surface area contributed by atoms with Crippen molar-refractivity contribution in [2.24, 2.45) is 0 Å². The quantitative estimate of drug-likeness (QED) is 0.443. The Morgan fingerprint density at radius 3 is 2.44 bits per heavy atom. The Kier molecular flexibility index (Phi) is 6.25. The minimum Gasteiger partial charge on any atom is -0.338 e. The van der Waals surface area contributed by atoms with Crippen molar-refractivity contribution in [3.63, 3.8) is 0 Å². The summed E-state index contributed by atoms with van der Waals surface area (Å²) in [6.45, 7) is 2.80. The lowest BCUT2D eigenvalue weighted by Gasteiger charge is -2.21. The molecule has 0 saturated carbocycles. The molecule has 162 valence electrons. The van der Waals surface area contributed by atoms with Crippen LogP contribution in [0.25, 0.3) is 16.8 Å². The zero-order valence-corrected chi connectivity index (χ0v) is 17.3. The summed E-state index contributed by atoms with van der Waals surface area (Å²) in [5.74, 6) is -0.942. The Morgan fingerprint density at radius 2 is 1.75 bits per heavy atom. The lowest BCUT2D eigenvalue weighted by molar-refractivity contribution is 0.0765. The van der Waals surface area contributed by atoms with Gasteiger partial charge in [0, 0.05) is 49.1 Å². The van der Waals surface area contributed by atoms with Crippen LogP contribution in [0.3, 0.4) is 0 Å². The zero-order chi connectivity index (χ0) is 22.5. The Morgan fingerprint density at radius 1 is 1.03 bits per heavy atom. The molecule has 0 spiro atoms. The van der Waals surface area contributed by atoms with E-state index in [9.17, 15) is 13.6 Å². The maximum Gasteiger partial charge on any atom is 0.256 e. The van der Waals surface area contributed by atoms with Gasteiger partial charge in [0.05, 0.1) is 23.6 Å². The predicted molar refractivity (Wildman–Crippen MR) is 114 cm³/mol. The van der Waals surface area contributed by atoms with Crippen molar-refractivity contribution in [1.82, 2.24) is 29.9 Å². The number of carbonyl (C=O) groups excluding carboxylic acids is 1. The summed E-state index contributed by atoms with van der Waals surface area (Å²) in [6.07, 6.45) is 6.52. The van der Waals surface area contributed by atoms with Gasteiger partial charge in [0.15, 0.2) is 0 Å². The van der Waals surface area contributed by atoms with Gasteiger partial charge in [-0.2, -0.15) is 15.0 Å². The molecule has 0 atom stereocenters. The molecule has 0 aliphatic rings. The second-order valence-electron chi connectivity index (χ2n) is 6.98. The molecule has 0 bridgehead atoms. The smallest absolute Gasteiger partial charge is 0.256 e. The Hall–Kier alpha value is -4.01. The van der Waals surface area contributed by atoms with Crippen LogP contribution in [0.5, 0.6) is 0 Å². The molecule has 0 aliphatic heterocycles. The highest BCUT2D eigenvalue weighted by Gasteiger charge is 2.19. The number of aromatic nitrogens is 5. The molecule has 2 aromatic carbocycles. The van der Waals surface area contributed by atoms with Crippen LogP contribution in [-0.2, 0) is 6.42 Å². The molecule has 9 heteroatoms. The maximum atomic E-state index is 14.0. The zero-order valence-electron chi connectivity index (χ0n) is 17.3. The number of para-hydroxylation sites is 1. The molecular formula is C23H20F2N6O. The van der Waals surface area contributed by atoms with Crippen LogP contribution in [0.1, 0.15) is 23.1 Å². The van der Waals surface area contributed by atoms with E-state index in [1.165, 1.54) is 29.3 Å². The van der Waals surface area contributed by atoms with Crippen LogP contribution in [0.15, 0.2) is 67.3 Å². The Labute approximate surface area is 183 Å². The molecule has 1 amide bonds. The monoisotopic (exact) mass is 434 g/mol. The summed E-state index contributed by atoms with van der Waals surface area (Å²) in [7, 11) is 0. The fraction of sp³-hybridized carbons (Fsp3) is 0.174. The SMILES string of the molecule is CCN(CCc1ncc(-c2ccc(F)cc2F)cn1)C(=O)c1ccccc1-n1nccn1. The number of hydrogen-bond acceptors (Lipinski definition) is 5. The molecule has 0 fully saturated rings. The number of carbonyl (C=O) groups is 1. The third-order valence-corrected chi connectivity index (χ3v) is 4.99. The molecule has 32 heavy (non-hydrogen) atoms. The topological polar surface area (TPSA) is 76.8 Å². The van der Waals surface area contributed by atoms with Crippen molar-refractivity contribution in [1.29, 1.82) is 0 Å². The average Bonchev–Trinajstić information content (AvgIpc) is 3.35. The van der Waals surface area contributed by atoms with Gasteiger partial charge in [0.2, 0.25) is 0 Å². The molecule has 4 aromatic rings. The molecule has 0 radical (unpaired) electrons. The van der Waals surface area contributed by atoms with E-state index in [-0.39, 0.29) is 11.5 Å². The van der Waals surface area contributed by atoms with Crippen molar-refractivity contribution in [3.05, 3.63) is 90.3 Å². The summed E-state index contributed by atoms with van der Waals surface area (Å²) in [6, 6.07) is 10.5. The number of halogens is 2. The summed E-state index contributed by atoms with van der Waals surface area (Å²) in [5.41, 5.74) is 1.78. The highest BCUT2D eigenvalue weighted by molar-refractivity contribution is 5.97. The van der Waals surface area contributed by atoms with E-state index in [0.29, 0.717) is 42.1 Å². The third kappa shape index (κ3) is 4.51. The summed E-state index contributed by atoms with van der Waals surface area (Å²) < 4.78 is 27.1. The van der Waals surface area contributed by atoms with Gasteiger partial charge in [-0.05, 0) is 31.2 Å². The van der Waals surface area contributed by atoms with E-state index < -0.39 is 11.6 Å². The fourth-order valence-corrected chi connectivity index (χ4v) is 3.32. The van der Waals surface area contributed by atoms with Crippen LogP contribution >= 0.6 is 0 Å². The van der Waals surface area contributed by atoms with Crippen molar-refractivity contribution in [2.75, 3.05) is 13.1 Å². The van der Waals surface area contributed by atoms with Crippen LogP contribution in [0.2, 0.25) is 0 Å². The molecular weight excluding hydrogens is 414 g/mol. The van der Waals surface area contributed by atoms with Gasteiger partial charge in [0.1, 0.15) is 17.5 Å². The molecule has 2 heterocycles. The van der Waals surface area contributed by atoms with Gasteiger partial charge < -0.3 is 4.90 Å². The molecule has 0 unspecified atom stereocenters. The van der Waals surface area contributed by atoms with Crippen molar-refractivity contribution in [2.45, 2.75) is 13.3 Å². The number of nitrogens with zero attached hydrogens (tertiary/aromatic N) is 6. The van der Waals surface area contributed by atoms with Gasteiger partial charge in [-0.15, -0.1) is 0 Å². The molecule has 0 N–H and O–H groups in total. The summed E-state index contributed by atoms with van der Waals surface area (Å²) >= 11 is 0. The van der Waals surface area contributed by atoms with Crippen molar-refractivity contribution in [3.8, 4) is 16.8 Å². The lowest BCUT2D eigenvalue weighted by atomic mass is 10.1. The normalized spacial score (nSPS) is 10.8. The highest BCUT2D eigenvalue weighted by atomic mass is 19.1. The number of amides is 1. The number of hydrogen-bond donors (Lipinski definition) is 0. The second kappa shape index (κ2) is 9.42. The van der Waals surface area contributed by atoms with Crippen LogP contribution in [0, 0.1) is 11.6 Å². The predicted octanol–water partition coefficient (Wildman–Crippen LogP) is 3.71. The van der Waals surface area contributed by atoms with Crippen LogP contribution < -0.4 is 0 Å². The largest absolute Gasteiger partial charge is 0.338 e. The van der Waals surface area contributed by atoms with Gasteiger partial charge in [-0.25, -0.2) is 18.7 Å². The maximum absolute atomic E-state index is 14.0. The standard InChI is InChI=1S/C23H20F2N6O/c1-2-30(23(32)19-5-3-4-6-21(19)31-28-10-11-29-31)12-9-22-26-14-16(15-27-22)18-8-7-17(24)13-20(18)25/h3-8,10-11,13-15H,2,9,12H2,1H3. The first kappa shape index (κ1) is 21.2.